The van der Waals surface area contributed by atoms with Gasteiger partial charge in [-0.15, -0.1) is 11.6 Å². The highest BCUT2D eigenvalue weighted by molar-refractivity contribution is 7.89. The Morgan fingerprint density at radius 1 is 1.06 bits per heavy atom. The summed E-state index contributed by atoms with van der Waals surface area (Å²) in [5, 5.41) is 0. The number of halogens is 1. The number of rotatable bonds is 11. The quantitative estimate of drug-likeness (QED) is 0.468. The van der Waals surface area contributed by atoms with Crippen LogP contribution in [0.15, 0.2) is 0 Å². The van der Waals surface area contributed by atoms with E-state index in [0.29, 0.717) is 18.8 Å². The summed E-state index contributed by atoms with van der Waals surface area (Å²) in [7, 11) is -3.08. The highest BCUT2D eigenvalue weighted by Crippen LogP contribution is 2.09. The van der Waals surface area contributed by atoms with Crippen molar-refractivity contribution < 1.29 is 8.42 Å². The van der Waals surface area contributed by atoms with Crippen LogP contribution in [-0.2, 0) is 10.0 Å². The average molecular weight is 284 g/mol. The van der Waals surface area contributed by atoms with Gasteiger partial charge in [-0.25, -0.2) is 13.1 Å². The normalized spacial score (nSPS) is 12.2. The molecule has 0 atom stereocenters. The van der Waals surface area contributed by atoms with E-state index < -0.39 is 10.0 Å². The first-order valence-corrected chi connectivity index (χ1v) is 8.70. The standard InChI is InChI=1S/C12H26ClNO2S/c1-12(2)8-5-3-4-6-10-14-17(15,16)11-7-9-13/h12,14H,3-11H2,1-2H3. The lowest BCUT2D eigenvalue weighted by Gasteiger charge is -2.06. The van der Waals surface area contributed by atoms with E-state index in [4.69, 9.17) is 11.6 Å². The van der Waals surface area contributed by atoms with Crippen LogP contribution >= 0.6 is 11.6 Å². The summed E-state index contributed by atoms with van der Waals surface area (Å²) in [6.07, 6.45) is 6.26. The Labute approximate surface area is 111 Å². The first-order valence-electron chi connectivity index (χ1n) is 6.51. The summed E-state index contributed by atoms with van der Waals surface area (Å²) < 4.78 is 25.4. The molecule has 0 saturated heterocycles. The molecule has 0 aromatic carbocycles. The van der Waals surface area contributed by atoms with E-state index in [2.05, 4.69) is 18.6 Å². The molecule has 0 unspecified atom stereocenters. The van der Waals surface area contributed by atoms with Gasteiger partial charge < -0.3 is 0 Å². The topological polar surface area (TPSA) is 46.2 Å². The predicted molar refractivity (Wildman–Crippen MR) is 75.0 cm³/mol. The minimum atomic E-state index is -3.08. The third kappa shape index (κ3) is 12.4. The van der Waals surface area contributed by atoms with E-state index in [0.717, 1.165) is 18.8 Å². The van der Waals surface area contributed by atoms with Crippen LogP contribution in [0, 0.1) is 5.92 Å². The summed E-state index contributed by atoms with van der Waals surface area (Å²) in [6.45, 7) is 5.02. The summed E-state index contributed by atoms with van der Waals surface area (Å²) in [5.41, 5.74) is 0. The molecule has 0 amide bonds. The van der Waals surface area contributed by atoms with Crippen molar-refractivity contribution in [2.75, 3.05) is 18.2 Å². The highest BCUT2D eigenvalue weighted by Gasteiger charge is 2.07. The van der Waals surface area contributed by atoms with Gasteiger partial charge in [0.2, 0.25) is 10.0 Å². The van der Waals surface area contributed by atoms with E-state index in [-0.39, 0.29) is 5.75 Å². The Hall–Kier alpha value is 0.200. The molecule has 0 fully saturated rings. The van der Waals surface area contributed by atoms with E-state index in [1.54, 1.807) is 0 Å². The van der Waals surface area contributed by atoms with Gasteiger partial charge in [-0.1, -0.05) is 39.5 Å². The maximum atomic E-state index is 11.4. The van der Waals surface area contributed by atoms with Crippen LogP contribution in [0.1, 0.15) is 52.4 Å². The summed E-state index contributed by atoms with van der Waals surface area (Å²) in [6, 6.07) is 0. The fraction of sp³-hybridized carbons (Fsp3) is 1.00. The minimum absolute atomic E-state index is 0.143. The Morgan fingerprint density at radius 2 is 1.71 bits per heavy atom. The van der Waals surface area contributed by atoms with Gasteiger partial charge in [0, 0.05) is 12.4 Å². The second kappa shape index (κ2) is 10.2. The first-order chi connectivity index (χ1) is 7.98. The van der Waals surface area contributed by atoms with Crippen molar-refractivity contribution in [2.45, 2.75) is 52.4 Å². The van der Waals surface area contributed by atoms with Crippen molar-refractivity contribution in [3.63, 3.8) is 0 Å². The predicted octanol–water partition coefficient (Wildman–Crippen LogP) is 3.14. The van der Waals surface area contributed by atoms with Crippen molar-refractivity contribution in [1.82, 2.24) is 4.72 Å². The van der Waals surface area contributed by atoms with Crippen LogP contribution in [0.4, 0.5) is 0 Å². The summed E-state index contributed by atoms with van der Waals surface area (Å²) >= 11 is 5.46. The molecule has 0 saturated carbocycles. The number of sulfonamides is 1. The molecule has 0 aliphatic rings. The molecular formula is C12H26ClNO2S. The third-order valence-corrected chi connectivity index (χ3v) is 4.31. The molecule has 0 spiro atoms. The average Bonchev–Trinajstić information content (AvgIpc) is 2.24. The number of hydrogen-bond donors (Lipinski definition) is 1. The molecule has 17 heavy (non-hydrogen) atoms. The molecule has 0 aromatic heterocycles. The van der Waals surface area contributed by atoms with Crippen LogP contribution in [0.5, 0.6) is 0 Å². The maximum Gasteiger partial charge on any atom is 0.211 e. The number of alkyl halides is 1. The number of unbranched alkanes of at least 4 members (excludes halogenated alkanes) is 3. The van der Waals surface area contributed by atoms with Crippen molar-refractivity contribution in [3.05, 3.63) is 0 Å². The van der Waals surface area contributed by atoms with Crippen LogP contribution < -0.4 is 4.72 Å². The minimum Gasteiger partial charge on any atom is -0.215 e. The van der Waals surface area contributed by atoms with E-state index in [1.165, 1.54) is 19.3 Å². The maximum absolute atomic E-state index is 11.4. The van der Waals surface area contributed by atoms with Gasteiger partial charge >= 0.3 is 0 Å². The van der Waals surface area contributed by atoms with E-state index in [9.17, 15) is 8.42 Å². The van der Waals surface area contributed by atoms with Crippen LogP contribution in [0.2, 0.25) is 0 Å². The molecule has 5 heteroatoms. The first kappa shape index (κ1) is 17.2. The zero-order valence-corrected chi connectivity index (χ0v) is 12.6. The van der Waals surface area contributed by atoms with Gasteiger partial charge in [0.15, 0.2) is 0 Å². The van der Waals surface area contributed by atoms with Gasteiger partial charge in [-0.2, -0.15) is 0 Å². The van der Waals surface area contributed by atoms with Crippen molar-refractivity contribution in [1.29, 1.82) is 0 Å². The zero-order valence-electron chi connectivity index (χ0n) is 11.0. The smallest absolute Gasteiger partial charge is 0.211 e. The van der Waals surface area contributed by atoms with Crippen molar-refractivity contribution >= 4 is 21.6 Å². The number of nitrogens with one attached hydrogen (secondary N) is 1. The Bertz CT molecular complexity index is 266. The molecule has 104 valence electrons. The molecule has 0 aromatic rings. The lowest BCUT2D eigenvalue weighted by atomic mass is 10.0. The van der Waals surface area contributed by atoms with E-state index in [1.807, 2.05) is 0 Å². The fourth-order valence-corrected chi connectivity index (χ4v) is 2.99. The fourth-order valence-electron chi connectivity index (χ4n) is 1.58. The molecule has 0 heterocycles. The van der Waals surface area contributed by atoms with Crippen molar-refractivity contribution in [2.24, 2.45) is 5.92 Å². The summed E-state index contributed by atoms with van der Waals surface area (Å²) in [4.78, 5) is 0. The largest absolute Gasteiger partial charge is 0.215 e. The van der Waals surface area contributed by atoms with Gasteiger partial charge in [0.05, 0.1) is 5.75 Å². The molecule has 0 bridgehead atoms. The van der Waals surface area contributed by atoms with Gasteiger partial charge in [-0.3, -0.25) is 0 Å². The molecule has 3 nitrogen and oxygen atoms in total. The van der Waals surface area contributed by atoms with Crippen LogP contribution in [-0.4, -0.2) is 26.6 Å². The molecule has 1 N–H and O–H groups in total. The second-order valence-electron chi connectivity index (χ2n) is 4.85. The van der Waals surface area contributed by atoms with Crippen molar-refractivity contribution in [3.8, 4) is 0 Å². The molecular weight excluding hydrogens is 258 g/mol. The SMILES string of the molecule is CC(C)CCCCCCNS(=O)(=O)CCCCl. The molecule has 0 radical (unpaired) electrons. The van der Waals surface area contributed by atoms with E-state index >= 15 is 0 Å². The second-order valence-corrected chi connectivity index (χ2v) is 7.16. The Kier molecular flexibility index (Phi) is 10.3. The highest BCUT2D eigenvalue weighted by atomic mass is 35.5. The number of hydrogen-bond acceptors (Lipinski definition) is 2. The Morgan fingerprint density at radius 3 is 2.29 bits per heavy atom. The third-order valence-electron chi connectivity index (χ3n) is 2.58. The molecule has 0 aliphatic heterocycles. The van der Waals surface area contributed by atoms with Gasteiger partial charge in [0.25, 0.3) is 0 Å². The van der Waals surface area contributed by atoms with Crippen LogP contribution in [0.3, 0.4) is 0 Å². The molecule has 0 aliphatic carbocycles. The lowest BCUT2D eigenvalue weighted by Crippen LogP contribution is -2.27. The Balaban J connectivity index is 3.38. The monoisotopic (exact) mass is 283 g/mol. The van der Waals surface area contributed by atoms with Crippen LogP contribution in [0.25, 0.3) is 0 Å². The van der Waals surface area contributed by atoms with Gasteiger partial charge in [-0.05, 0) is 18.8 Å². The summed E-state index contributed by atoms with van der Waals surface area (Å²) in [5.74, 6) is 1.31. The van der Waals surface area contributed by atoms with Gasteiger partial charge in [0.1, 0.15) is 0 Å². The zero-order chi connectivity index (χ0) is 13.1. The lowest BCUT2D eigenvalue weighted by molar-refractivity contribution is 0.517. The molecule has 0 rings (SSSR count).